The second-order valence-electron chi connectivity index (χ2n) is 7.58. The van der Waals surface area contributed by atoms with Crippen LogP contribution in [0.25, 0.3) is 0 Å². The number of benzene rings is 1. The summed E-state index contributed by atoms with van der Waals surface area (Å²) >= 11 is 0. The molecule has 5 nitrogen and oxygen atoms in total. The molecule has 1 saturated carbocycles. The predicted molar refractivity (Wildman–Crippen MR) is 91.2 cm³/mol. The van der Waals surface area contributed by atoms with Gasteiger partial charge in [-0.15, -0.1) is 0 Å². The molecule has 134 valence electrons. The number of nitrogens with one attached hydrogen (secondary N) is 3. The Labute approximate surface area is 148 Å². The van der Waals surface area contributed by atoms with Crippen molar-refractivity contribution in [2.24, 2.45) is 5.92 Å². The molecule has 0 aromatic heterocycles. The van der Waals surface area contributed by atoms with Crippen LogP contribution in [0.15, 0.2) is 24.3 Å². The minimum Gasteiger partial charge on any atom is -0.333 e. The first-order chi connectivity index (χ1) is 12.0. The van der Waals surface area contributed by atoms with E-state index in [1.807, 2.05) is 19.1 Å². The molecule has 2 aliphatic rings. The fourth-order valence-corrected chi connectivity index (χ4v) is 3.66. The Bertz CT molecular complexity index is 662. The van der Waals surface area contributed by atoms with E-state index in [2.05, 4.69) is 11.4 Å². The summed E-state index contributed by atoms with van der Waals surface area (Å²) < 4.78 is 13.8. The van der Waals surface area contributed by atoms with Crippen LogP contribution in [0, 0.1) is 23.1 Å². The Kier molecular flexibility index (Phi) is 5.36. The third-order valence-electron chi connectivity index (χ3n) is 5.50. The van der Waals surface area contributed by atoms with Gasteiger partial charge in [0.2, 0.25) is 0 Å². The van der Waals surface area contributed by atoms with Crippen molar-refractivity contribution in [3.8, 4) is 6.07 Å². The zero-order valence-electron chi connectivity index (χ0n) is 14.8. The Morgan fingerprint density at radius 2 is 1.92 bits per heavy atom. The van der Waals surface area contributed by atoms with E-state index < -0.39 is 5.54 Å². The zero-order valence-corrected chi connectivity index (χ0v) is 14.8. The summed E-state index contributed by atoms with van der Waals surface area (Å²) in [4.78, 5) is 14.9. The number of amides is 1. The first-order valence-electron chi connectivity index (χ1n) is 9.13. The molecule has 1 amide bonds. The van der Waals surface area contributed by atoms with Gasteiger partial charge >= 0.3 is 0 Å². The van der Waals surface area contributed by atoms with Gasteiger partial charge in [-0.3, -0.25) is 4.79 Å². The maximum atomic E-state index is 13.8. The van der Waals surface area contributed by atoms with Gasteiger partial charge in [0, 0.05) is 5.56 Å². The molecule has 1 heterocycles. The van der Waals surface area contributed by atoms with Gasteiger partial charge in [0.1, 0.15) is 44.1 Å². The summed E-state index contributed by atoms with van der Waals surface area (Å²) in [6.07, 6.45) is 2.05. The highest BCUT2D eigenvalue weighted by atomic mass is 19.1. The normalized spacial score (nSPS) is 25.6. The average molecular weight is 346 g/mol. The van der Waals surface area contributed by atoms with Gasteiger partial charge in [0.25, 0.3) is 5.91 Å². The lowest BCUT2D eigenvalue weighted by atomic mass is 9.98. The van der Waals surface area contributed by atoms with E-state index in [1.165, 1.54) is 15.9 Å². The third-order valence-corrected chi connectivity index (χ3v) is 5.50. The number of hydrogen-bond donors (Lipinski definition) is 3. The molecule has 1 aliphatic heterocycles. The number of nitrogens with zero attached hydrogens (tertiary/aromatic N) is 1. The molecule has 2 fully saturated rings. The topological polar surface area (TPSA) is 61.8 Å². The quantitative estimate of drug-likeness (QED) is 0.614. The summed E-state index contributed by atoms with van der Waals surface area (Å²) in [5, 5.41) is 12.3. The van der Waals surface area contributed by atoms with Gasteiger partial charge in [-0.05, 0) is 31.7 Å². The van der Waals surface area contributed by atoms with Crippen molar-refractivity contribution in [1.82, 2.24) is 5.32 Å². The molecule has 1 aromatic carbocycles. The summed E-state index contributed by atoms with van der Waals surface area (Å²) in [5.41, 5.74) is 0.0435. The van der Waals surface area contributed by atoms with Crippen molar-refractivity contribution >= 4 is 5.91 Å². The molecule has 0 spiro atoms. The second-order valence-corrected chi connectivity index (χ2v) is 7.58. The fraction of sp³-hybridized carbons (Fsp3) is 0.579. The smallest absolute Gasteiger partial charge is 0.276 e. The molecular weight excluding hydrogens is 319 g/mol. The van der Waals surface area contributed by atoms with E-state index in [9.17, 15) is 14.4 Å². The van der Waals surface area contributed by atoms with Crippen LogP contribution in [0.3, 0.4) is 0 Å². The molecule has 3 N–H and O–H groups in total. The predicted octanol–water partition coefficient (Wildman–Crippen LogP) is -1.08. The monoisotopic (exact) mass is 346 g/mol. The fourth-order valence-electron chi connectivity index (χ4n) is 3.66. The van der Waals surface area contributed by atoms with Gasteiger partial charge in [0.05, 0.1) is 6.07 Å². The van der Waals surface area contributed by atoms with E-state index in [0.29, 0.717) is 19.0 Å². The van der Waals surface area contributed by atoms with Gasteiger partial charge in [-0.1, -0.05) is 18.2 Å². The summed E-state index contributed by atoms with van der Waals surface area (Å²) in [6.45, 7) is 6.57. The number of halogens is 1. The molecule has 1 aliphatic carbocycles. The van der Waals surface area contributed by atoms with Crippen molar-refractivity contribution in [3.63, 3.8) is 0 Å². The van der Waals surface area contributed by atoms with Crippen LogP contribution in [0.2, 0.25) is 0 Å². The highest BCUT2D eigenvalue weighted by Gasteiger charge is 2.43. The number of hydrogen-bond acceptors (Lipinski definition) is 2. The Balaban J connectivity index is 1.44. The van der Waals surface area contributed by atoms with Crippen molar-refractivity contribution in [3.05, 3.63) is 35.6 Å². The van der Waals surface area contributed by atoms with Crippen LogP contribution in [-0.2, 0) is 11.3 Å². The lowest BCUT2D eigenvalue weighted by Gasteiger charge is -2.30. The maximum absolute atomic E-state index is 13.8. The first kappa shape index (κ1) is 17.8. The summed E-state index contributed by atoms with van der Waals surface area (Å²) in [5.74, 6) is 0.127. The van der Waals surface area contributed by atoms with E-state index in [1.54, 1.807) is 6.07 Å². The molecule has 0 unspecified atom stereocenters. The molecule has 1 atom stereocenters. The van der Waals surface area contributed by atoms with Crippen LogP contribution in [0.5, 0.6) is 0 Å². The van der Waals surface area contributed by atoms with Gasteiger partial charge in [-0.2, -0.15) is 5.26 Å². The SMILES string of the molecule is C[C@](C#N)(NC(=O)C[NH+]1CC[NH+](Cc2ccccc2F)CC1)C1CC1. The van der Waals surface area contributed by atoms with E-state index >= 15 is 0 Å². The van der Waals surface area contributed by atoms with Gasteiger partial charge in [-0.25, -0.2) is 4.39 Å². The molecule has 6 heteroatoms. The van der Waals surface area contributed by atoms with E-state index in [4.69, 9.17) is 0 Å². The van der Waals surface area contributed by atoms with E-state index in [0.717, 1.165) is 44.6 Å². The van der Waals surface area contributed by atoms with Crippen molar-refractivity contribution < 1.29 is 19.0 Å². The Hall–Kier alpha value is -1.97. The number of carbonyl (C=O) groups is 1. The maximum Gasteiger partial charge on any atom is 0.276 e. The number of carbonyl (C=O) groups excluding carboxylic acids is 1. The van der Waals surface area contributed by atoms with Gasteiger partial charge < -0.3 is 15.1 Å². The van der Waals surface area contributed by atoms with Crippen LogP contribution >= 0.6 is 0 Å². The largest absolute Gasteiger partial charge is 0.333 e. The summed E-state index contributed by atoms with van der Waals surface area (Å²) in [7, 11) is 0. The standard InChI is InChI=1S/C19H25FN4O/c1-19(14-21,16-6-7-16)22-18(25)13-24-10-8-23(9-11-24)12-15-4-2-3-5-17(15)20/h2-5,16H,6-13H2,1H3,(H,22,25)/p+2/t19-/m1/s1. The number of quaternary nitrogens is 2. The van der Waals surface area contributed by atoms with Crippen molar-refractivity contribution in [2.75, 3.05) is 32.7 Å². The molecule has 1 saturated heterocycles. The number of rotatable bonds is 6. The van der Waals surface area contributed by atoms with Crippen LogP contribution in [-0.4, -0.2) is 44.2 Å². The lowest BCUT2D eigenvalue weighted by Crippen LogP contribution is -3.28. The molecular formula is C19H27FN4O+2. The molecule has 0 radical (unpaired) electrons. The Morgan fingerprint density at radius 3 is 2.52 bits per heavy atom. The minimum atomic E-state index is -0.714. The van der Waals surface area contributed by atoms with Gasteiger partial charge in [0.15, 0.2) is 6.54 Å². The zero-order chi connectivity index (χ0) is 17.9. The molecule has 1 aromatic rings. The Morgan fingerprint density at radius 1 is 1.28 bits per heavy atom. The first-order valence-corrected chi connectivity index (χ1v) is 9.13. The highest BCUT2D eigenvalue weighted by Crippen LogP contribution is 2.39. The number of piperazine rings is 1. The third kappa shape index (κ3) is 4.56. The van der Waals surface area contributed by atoms with Crippen LogP contribution < -0.4 is 15.1 Å². The number of nitriles is 1. The molecule has 0 bridgehead atoms. The lowest BCUT2D eigenvalue weighted by molar-refractivity contribution is -1.02. The average Bonchev–Trinajstić information content (AvgIpc) is 3.44. The van der Waals surface area contributed by atoms with Crippen LogP contribution in [0.4, 0.5) is 4.39 Å². The van der Waals surface area contributed by atoms with Crippen molar-refractivity contribution in [2.45, 2.75) is 31.8 Å². The highest BCUT2D eigenvalue weighted by molar-refractivity contribution is 5.78. The molecule has 25 heavy (non-hydrogen) atoms. The second kappa shape index (κ2) is 7.51. The minimum absolute atomic E-state index is 0.0384. The van der Waals surface area contributed by atoms with E-state index in [-0.39, 0.29) is 11.7 Å². The van der Waals surface area contributed by atoms with Crippen LogP contribution in [0.1, 0.15) is 25.3 Å². The summed E-state index contributed by atoms with van der Waals surface area (Å²) in [6, 6.07) is 9.20. The van der Waals surface area contributed by atoms with Crippen molar-refractivity contribution in [1.29, 1.82) is 5.26 Å². The molecule has 3 rings (SSSR count).